The molecular formula is C19H16O3. The van der Waals surface area contributed by atoms with Gasteiger partial charge in [0.15, 0.2) is 0 Å². The topological polar surface area (TPSA) is 35.5 Å². The quantitative estimate of drug-likeness (QED) is 0.481. The molecule has 0 bridgehead atoms. The molecule has 0 amide bonds. The van der Waals surface area contributed by atoms with Gasteiger partial charge in [-0.25, -0.2) is 0 Å². The van der Waals surface area contributed by atoms with Crippen LogP contribution in [0.1, 0.15) is 15.9 Å². The number of Topliss-reactive ketones (excluding diaryl/α,β-unsaturated/α-hetero) is 1. The maximum absolute atomic E-state index is 12.2. The lowest BCUT2D eigenvalue weighted by molar-refractivity contribution is 0.105. The smallest absolute Gasteiger partial charge is 0.239 e. The van der Waals surface area contributed by atoms with Crippen LogP contribution < -0.4 is 9.47 Å². The molecule has 3 heteroatoms. The highest BCUT2D eigenvalue weighted by molar-refractivity contribution is 6.11. The van der Waals surface area contributed by atoms with E-state index in [4.69, 9.17) is 9.47 Å². The third kappa shape index (κ3) is 4.00. The molecule has 0 saturated heterocycles. The molecule has 0 N–H and O–H groups in total. The van der Waals surface area contributed by atoms with Crippen LogP contribution >= 0.6 is 0 Å². The molecule has 0 aromatic heterocycles. The molecule has 0 fully saturated rings. The van der Waals surface area contributed by atoms with Crippen LogP contribution in [0.15, 0.2) is 61.2 Å². The van der Waals surface area contributed by atoms with Gasteiger partial charge < -0.3 is 9.47 Å². The number of ether oxygens (including phenoxy) is 2. The number of para-hydroxylation sites is 1. The highest BCUT2D eigenvalue weighted by Gasteiger charge is 2.09. The fourth-order valence-electron chi connectivity index (χ4n) is 1.80. The first-order valence-corrected chi connectivity index (χ1v) is 6.77. The Morgan fingerprint density at radius 1 is 1.18 bits per heavy atom. The van der Waals surface area contributed by atoms with Crippen LogP contribution in [0.4, 0.5) is 0 Å². The van der Waals surface area contributed by atoms with Gasteiger partial charge in [-0.2, -0.15) is 0 Å². The van der Waals surface area contributed by atoms with E-state index in [1.165, 1.54) is 0 Å². The number of carbonyl (C=O) groups excluding carboxylic acids is 1. The number of ketones is 1. The molecule has 2 aromatic rings. The second-order valence-corrected chi connectivity index (χ2v) is 4.40. The molecule has 2 rings (SSSR count). The summed E-state index contributed by atoms with van der Waals surface area (Å²) in [5, 5.41) is 0. The third-order valence-electron chi connectivity index (χ3n) is 2.90. The molecule has 3 nitrogen and oxygen atoms in total. The van der Waals surface area contributed by atoms with Gasteiger partial charge in [0.25, 0.3) is 0 Å². The van der Waals surface area contributed by atoms with Crippen molar-refractivity contribution in [2.45, 2.75) is 0 Å². The Balaban J connectivity index is 2.18. The summed E-state index contributed by atoms with van der Waals surface area (Å²) in [6.45, 7) is 3.94. The van der Waals surface area contributed by atoms with Crippen LogP contribution in [-0.4, -0.2) is 19.5 Å². The van der Waals surface area contributed by atoms with Crippen molar-refractivity contribution in [1.82, 2.24) is 0 Å². The number of hydrogen-bond donors (Lipinski definition) is 0. The van der Waals surface area contributed by atoms with Crippen molar-refractivity contribution in [2.75, 3.05) is 13.7 Å². The SMILES string of the molecule is C=CCOc1ccccc1C(=O)C#Cc1ccc(OC)cc1. The van der Waals surface area contributed by atoms with Gasteiger partial charge in [0, 0.05) is 5.56 Å². The average Bonchev–Trinajstić information content (AvgIpc) is 2.58. The van der Waals surface area contributed by atoms with Crippen molar-refractivity contribution < 1.29 is 14.3 Å². The summed E-state index contributed by atoms with van der Waals surface area (Å²) in [6, 6.07) is 14.2. The van der Waals surface area contributed by atoms with E-state index in [0.29, 0.717) is 17.9 Å². The Morgan fingerprint density at radius 2 is 1.91 bits per heavy atom. The Kier molecular flexibility index (Phi) is 5.39. The van der Waals surface area contributed by atoms with E-state index in [-0.39, 0.29) is 5.78 Å². The highest BCUT2D eigenvalue weighted by Crippen LogP contribution is 2.18. The van der Waals surface area contributed by atoms with E-state index < -0.39 is 0 Å². The van der Waals surface area contributed by atoms with Gasteiger partial charge >= 0.3 is 0 Å². The summed E-state index contributed by atoms with van der Waals surface area (Å²) in [5.41, 5.74) is 1.20. The van der Waals surface area contributed by atoms with Crippen LogP contribution in [0.2, 0.25) is 0 Å². The molecule has 0 radical (unpaired) electrons. The summed E-state index contributed by atoms with van der Waals surface area (Å²) in [4.78, 5) is 12.2. The molecule has 0 unspecified atom stereocenters. The third-order valence-corrected chi connectivity index (χ3v) is 2.90. The number of carbonyl (C=O) groups is 1. The molecule has 0 heterocycles. The number of rotatable bonds is 5. The van der Waals surface area contributed by atoms with Crippen molar-refractivity contribution in [3.05, 3.63) is 72.3 Å². The monoisotopic (exact) mass is 292 g/mol. The molecule has 0 saturated carbocycles. The van der Waals surface area contributed by atoms with E-state index in [0.717, 1.165) is 11.3 Å². The highest BCUT2D eigenvalue weighted by atomic mass is 16.5. The maximum Gasteiger partial charge on any atom is 0.239 e. The van der Waals surface area contributed by atoms with Crippen LogP contribution in [0.25, 0.3) is 0 Å². The minimum absolute atomic E-state index is 0.282. The fourth-order valence-corrected chi connectivity index (χ4v) is 1.80. The van der Waals surface area contributed by atoms with E-state index >= 15 is 0 Å². The van der Waals surface area contributed by atoms with Gasteiger partial charge in [0.05, 0.1) is 12.7 Å². The standard InChI is InChI=1S/C19H16O3/c1-3-14-22-19-7-5-4-6-17(19)18(20)13-10-15-8-11-16(21-2)12-9-15/h3-9,11-12H,1,14H2,2H3. The summed E-state index contributed by atoms with van der Waals surface area (Å²) >= 11 is 0. The first-order chi connectivity index (χ1) is 10.7. The lowest BCUT2D eigenvalue weighted by Crippen LogP contribution is -2.02. The van der Waals surface area contributed by atoms with E-state index in [1.54, 1.807) is 55.7 Å². The molecule has 0 spiro atoms. The summed E-state index contributed by atoms with van der Waals surface area (Å²) in [6.07, 6.45) is 1.63. The van der Waals surface area contributed by atoms with Gasteiger partial charge in [-0.15, -0.1) is 0 Å². The van der Waals surface area contributed by atoms with E-state index in [1.807, 2.05) is 6.07 Å². The van der Waals surface area contributed by atoms with Crippen LogP contribution in [0.3, 0.4) is 0 Å². The van der Waals surface area contributed by atoms with Crippen molar-refractivity contribution in [1.29, 1.82) is 0 Å². The predicted molar refractivity (Wildman–Crippen MR) is 86.3 cm³/mol. The average molecular weight is 292 g/mol. The molecule has 0 aliphatic rings. The van der Waals surface area contributed by atoms with Gasteiger partial charge in [-0.3, -0.25) is 4.79 Å². The summed E-state index contributed by atoms with van der Waals surface area (Å²) < 4.78 is 10.5. The Hall–Kier alpha value is -2.99. The lowest BCUT2D eigenvalue weighted by atomic mass is 10.1. The van der Waals surface area contributed by atoms with Crippen molar-refractivity contribution in [2.24, 2.45) is 0 Å². The van der Waals surface area contributed by atoms with Crippen LogP contribution in [-0.2, 0) is 0 Å². The van der Waals surface area contributed by atoms with Gasteiger partial charge in [-0.05, 0) is 42.3 Å². The Labute approximate surface area is 130 Å². The van der Waals surface area contributed by atoms with E-state index in [9.17, 15) is 4.79 Å². The van der Waals surface area contributed by atoms with Crippen LogP contribution in [0, 0.1) is 11.8 Å². The maximum atomic E-state index is 12.2. The minimum atomic E-state index is -0.282. The van der Waals surface area contributed by atoms with Crippen molar-refractivity contribution >= 4 is 5.78 Å². The molecule has 0 aliphatic carbocycles. The molecule has 110 valence electrons. The largest absolute Gasteiger partial charge is 0.497 e. The molecule has 0 aliphatic heterocycles. The number of hydrogen-bond acceptors (Lipinski definition) is 3. The van der Waals surface area contributed by atoms with E-state index in [2.05, 4.69) is 18.4 Å². The second kappa shape index (κ2) is 7.70. The van der Waals surface area contributed by atoms with Gasteiger partial charge in [0.2, 0.25) is 5.78 Å². The van der Waals surface area contributed by atoms with Crippen LogP contribution in [0.5, 0.6) is 11.5 Å². The number of benzene rings is 2. The summed E-state index contributed by atoms with van der Waals surface area (Å²) in [5.74, 6) is 6.46. The van der Waals surface area contributed by atoms with Gasteiger partial charge in [0.1, 0.15) is 18.1 Å². The first-order valence-electron chi connectivity index (χ1n) is 6.77. The molecular weight excluding hydrogens is 276 g/mol. The lowest BCUT2D eigenvalue weighted by Gasteiger charge is -2.06. The first kappa shape index (κ1) is 15.4. The molecule has 0 atom stereocenters. The second-order valence-electron chi connectivity index (χ2n) is 4.40. The zero-order chi connectivity index (χ0) is 15.8. The summed E-state index contributed by atoms with van der Waals surface area (Å²) in [7, 11) is 1.60. The van der Waals surface area contributed by atoms with Crippen molar-refractivity contribution in [3.8, 4) is 23.3 Å². The zero-order valence-corrected chi connectivity index (χ0v) is 12.3. The molecule has 2 aromatic carbocycles. The predicted octanol–water partition coefficient (Wildman–Crippen LogP) is 3.49. The minimum Gasteiger partial charge on any atom is -0.497 e. The zero-order valence-electron chi connectivity index (χ0n) is 12.3. The normalized spacial score (nSPS) is 9.32. The Bertz CT molecular complexity index is 718. The van der Waals surface area contributed by atoms with Crippen molar-refractivity contribution in [3.63, 3.8) is 0 Å². The fraction of sp³-hybridized carbons (Fsp3) is 0.105. The number of methoxy groups -OCH3 is 1. The van der Waals surface area contributed by atoms with Gasteiger partial charge in [-0.1, -0.05) is 30.7 Å². The Morgan fingerprint density at radius 3 is 2.59 bits per heavy atom. The molecule has 22 heavy (non-hydrogen) atoms.